The molecular formula is C15H21NO2. The van der Waals surface area contributed by atoms with Crippen molar-refractivity contribution >= 4 is 11.7 Å². The largest absolute Gasteiger partial charge is 0.478 e. The van der Waals surface area contributed by atoms with Gasteiger partial charge >= 0.3 is 5.97 Å². The van der Waals surface area contributed by atoms with Gasteiger partial charge in [-0.25, -0.2) is 4.79 Å². The summed E-state index contributed by atoms with van der Waals surface area (Å²) in [6.45, 7) is 0.983. The molecule has 0 atom stereocenters. The summed E-state index contributed by atoms with van der Waals surface area (Å²) in [4.78, 5) is 10.7. The molecule has 1 saturated carbocycles. The third kappa shape index (κ3) is 3.76. The van der Waals surface area contributed by atoms with E-state index in [1.165, 1.54) is 38.5 Å². The molecule has 98 valence electrons. The van der Waals surface area contributed by atoms with Gasteiger partial charge in [-0.05, 0) is 36.6 Å². The lowest BCUT2D eigenvalue weighted by atomic mass is 9.87. The summed E-state index contributed by atoms with van der Waals surface area (Å²) in [5.74, 6) is 0.00768. The van der Waals surface area contributed by atoms with Crippen LogP contribution in [-0.2, 0) is 0 Å². The fourth-order valence-electron chi connectivity index (χ4n) is 2.63. The van der Waals surface area contributed by atoms with E-state index in [1.54, 1.807) is 12.1 Å². The third-order valence-electron chi connectivity index (χ3n) is 3.74. The van der Waals surface area contributed by atoms with Crippen molar-refractivity contribution in [1.82, 2.24) is 0 Å². The van der Waals surface area contributed by atoms with Crippen molar-refractivity contribution in [3.63, 3.8) is 0 Å². The van der Waals surface area contributed by atoms with Gasteiger partial charge in [0.1, 0.15) is 0 Å². The van der Waals surface area contributed by atoms with Crippen LogP contribution in [0, 0.1) is 5.92 Å². The Bertz CT molecular complexity index is 380. The maximum absolute atomic E-state index is 10.7. The van der Waals surface area contributed by atoms with E-state index >= 15 is 0 Å². The lowest BCUT2D eigenvalue weighted by Gasteiger charge is -2.21. The van der Waals surface area contributed by atoms with Gasteiger partial charge in [0.25, 0.3) is 0 Å². The first kappa shape index (κ1) is 12.9. The molecule has 18 heavy (non-hydrogen) atoms. The average molecular weight is 247 g/mol. The molecule has 3 heteroatoms. The van der Waals surface area contributed by atoms with Gasteiger partial charge in [0.15, 0.2) is 0 Å². The van der Waals surface area contributed by atoms with Gasteiger partial charge in [-0.2, -0.15) is 0 Å². The van der Waals surface area contributed by atoms with Crippen LogP contribution < -0.4 is 5.32 Å². The number of nitrogens with one attached hydrogen (secondary N) is 1. The molecule has 0 spiro atoms. The zero-order valence-corrected chi connectivity index (χ0v) is 10.7. The number of carboxylic acid groups (broad SMARTS) is 1. The highest BCUT2D eigenvalue weighted by Crippen LogP contribution is 2.26. The van der Waals surface area contributed by atoms with E-state index in [9.17, 15) is 4.79 Å². The van der Waals surface area contributed by atoms with Crippen molar-refractivity contribution in [3.05, 3.63) is 29.8 Å². The van der Waals surface area contributed by atoms with Gasteiger partial charge in [0.2, 0.25) is 0 Å². The number of carbonyl (C=O) groups is 1. The van der Waals surface area contributed by atoms with Crippen molar-refractivity contribution in [2.75, 3.05) is 11.9 Å². The Morgan fingerprint density at radius 1 is 1.17 bits per heavy atom. The SMILES string of the molecule is O=C(O)c1ccc(NCCC2CCCCC2)cc1. The van der Waals surface area contributed by atoms with E-state index < -0.39 is 5.97 Å². The summed E-state index contributed by atoms with van der Waals surface area (Å²) < 4.78 is 0. The number of carboxylic acids is 1. The monoisotopic (exact) mass is 247 g/mol. The van der Waals surface area contributed by atoms with Crippen molar-refractivity contribution in [2.24, 2.45) is 5.92 Å². The fraction of sp³-hybridized carbons (Fsp3) is 0.533. The molecule has 0 bridgehead atoms. The Balaban J connectivity index is 1.74. The quantitative estimate of drug-likeness (QED) is 0.832. The van der Waals surface area contributed by atoms with Gasteiger partial charge < -0.3 is 10.4 Å². The van der Waals surface area contributed by atoms with Crippen LogP contribution in [0.1, 0.15) is 48.9 Å². The molecule has 1 aliphatic rings. The number of hydrogen-bond donors (Lipinski definition) is 2. The number of hydrogen-bond acceptors (Lipinski definition) is 2. The molecule has 0 heterocycles. The van der Waals surface area contributed by atoms with Crippen LogP contribution in [-0.4, -0.2) is 17.6 Å². The van der Waals surface area contributed by atoms with Crippen LogP contribution in [0.25, 0.3) is 0 Å². The second-order valence-electron chi connectivity index (χ2n) is 5.10. The van der Waals surface area contributed by atoms with Crippen molar-refractivity contribution in [2.45, 2.75) is 38.5 Å². The Morgan fingerprint density at radius 2 is 1.83 bits per heavy atom. The molecule has 1 aliphatic carbocycles. The molecule has 0 radical (unpaired) electrons. The van der Waals surface area contributed by atoms with E-state index in [0.717, 1.165) is 18.2 Å². The zero-order valence-electron chi connectivity index (χ0n) is 10.7. The lowest BCUT2D eigenvalue weighted by molar-refractivity contribution is 0.0697. The highest BCUT2D eigenvalue weighted by atomic mass is 16.4. The normalized spacial score (nSPS) is 16.4. The maximum atomic E-state index is 10.7. The van der Waals surface area contributed by atoms with Gasteiger partial charge in [-0.3, -0.25) is 0 Å². The van der Waals surface area contributed by atoms with Gasteiger partial charge in [0.05, 0.1) is 5.56 Å². The van der Waals surface area contributed by atoms with Gasteiger partial charge in [-0.15, -0.1) is 0 Å². The van der Waals surface area contributed by atoms with Gasteiger partial charge in [-0.1, -0.05) is 32.1 Å². The van der Waals surface area contributed by atoms with E-state index in [-0.39, 0.29) is 0 Å². The summed E-state index contributed by atoms with van der Waals surface area (Å²) in [5.41, 5.74) is 1.35. The number of rotatable bonds is 5. The highest BCUT2D eigenvalue weighted by Gasteiger charge is 2.12. The second kappa shape index (κ2) is 6.43. The van der Waals surface area contributed by atoms with Crippen LogP contribution in [0.5, 0.6) is 0 Å². The number of benzene rings is 1. The highest BCUT2D eigenvalue weighted by molar-refractivity contribution is 5.87. The standard InChI is InChI=1S/C15H21NO2/c17-15(18)13-6-8-14(9-7-13)16-11-10-12-4-2-1-3-5-12/h6-9,12,16H,1-5,10-11H2,(H,17,18). The molecule has 0 unspecified atom stereocenters. The molecule has 1 aromatic carbocycles. The molecule has 0 amide bonds. The average Bonchev–Trinajstić information content (AvgIpc) is 2.40. The third-order valence-corrected chi connectivity index (χ3v) is 3.74. The van der Waals surface area contributed by atoms with Crippen LogP contribution >= 0.6 is 0 Å². The smallest absolute Gasteiger partial charge is 0.335 e. The zero-order chi connectivity index (χ0) is 12.8. The molecular weight excluding hydrogens is 226 g/mol. The summed E-state index contributed by atoms with van der Waals surface area (Å²) in [6.07, 6.45) is 8.15. The fourth-order valence-corrected chi connectivity index (χ4v) is 2.63. The van der Waals surface area contributed by atoms with Crippen LogP contribution in [0.4, 0.5) is 5.69 Å². The van der Waals surface area contributed by atoms with Crippen LogP contribution in [0.2, 0.25) is 0 Å². The predicted molar refractivity (Wildman–Crippen MR) is 73.1 cm³/mol. The Kier molecular flexibility index (Phi) is 4.62. The van der Waals surface area contributed by atoms with E-state index in [4.69, 9.17) is 5.11 Å². The molecule has 0 saturated heterocycles. The minimum absolute atomic E-state index is 0.341. The first-order valence-corrected chi connectivity index (χ1v) is 6.83. The molecule has 1 fully saturated rings. The molecule has 1 aromatic rings. The van der Waals surface area contributed by atoms with Crippen LogP contribution in [0.15, 0.2) is 24.3 Å². The number of anilines is 1. The van der Waals surface area contributed by atoms with E-state index in [2.05, 4.69) is 5.32 Å². The van der Waals surface area contributed by atoms with E-state index in [1.807, 2.05) is 12.1 Å². The van der Waals surface area contributed by atoms with Crippen molar-refractivity contribution in [1.29, 1.82) is 0 Å². The minimum Gasteiger partial charge on any atom is -0.478 e. The second-order valence-corrected chi connectivity index (χ2v) is 5.10. The first-order valence-electron chi connectivity index (χ1n) is 6.83. The number of aromatic carboxylic acids is 1. The van der Waals surface area contributed by atoms with Crippen LogP contribution in [0.3, 0.4) is 0 Å². The summed E-state index contributed by atoms with van der Waals surface area (Å²) in [7, 11) is 0. The lowest BCUT2D eigenvalue weighted by Crippen LogP contribution is -2.12. The molecule has 0 aromatic heterocycles. The Labute approximate surface area is 108 Å². The molecule has 2 N–H and O–H groups in total. The summed E-state index contributed by atoms with van der Waals surface area (Å²) in [6, 6.07) is 6.96. The maximum Gasteiger partial charge on any atom is 0.335 e. The topological polar surface area (TPSA) is 49.3 Å². The first-order chi connectivity index (χ1) is 8.75. The summed E-state index contributed by atoms with van der Waals surface area (Å²) >= 11 is 0. The predicted octanol–water partition coefficient (Wildman–Crippen LogP) is 3.77. The Morgan fingerprint density at radius 3 is 2.44 bits per heavy atom. The summed E-state index contributed by atoms with van der Waals surface area (Å²) in [5, 5.41) is 12.2. The van der Waals surface area contributed by atoms with Crippen molar-refractivity contribution in [3.8, 4) is 0 Å². The Hall–Kier alpha value is -1.51. The van der Waals surface area contributed by atoms with E-state index in [0.29, 0.717) is 5.56 Å². The molecule has 0 aliphatic heterocycles. The molecule has 3 nitrogen and oxygen atoms in total. The molecule has 2 rings (SSSR count). The minimum atomic E-state index is -0.872. The van der Waals surface area contributed by atoms with Gasteiger partial charge in [0, 0.05) is 12.2 Å². The van der Waals surface area contributed by atoms with Crippen molar-refractivity contribution < 1.29 is 9.90 Å².